The van der Waals surface area contributed by atoms with Crippen LogP contribution in [0.15, 0.2) is 29.8 Å². The van der Waals surface area contributed by atoms with Gasteiger partial charge in [0, 0.05) is 24.0 Å². The fraction of sp³-hybridized carbons (Fsp3) is 0.286. The van der Waals surface area contributed by atoms with E-state index in [2.05, 4.69) is 10.3 Å². The largest absolute Gasteiger partial charge is 0.351 e. The van der Waals surface area contributed by atoms with Gasteiger partial charge in [-0.05, 0) is 24.6 Å². The van der Waals surface area contributed by atoms with Crippen molar-refractivity contribution in [1.82, 2.24) is 10.3 Å². The summed E-state index contributed by atoms with van der Waals surface area (Å²) in [5.41, 5.74) is 0.877. The normalized spacial score (nSPS) is 12.2. The van der Waals surface area contributed by atoms with E-state index in [-0.39, 0.29) is 17.4 Å². The second-order valence-corrected chi connectivity index (χ2v) is 5.39. The first kappa shape index (κ1) is 13.7. The predicted molar refractivity (Wildman–Crippen MR) is 74.0 cm³/mol. The van der Waals surface area contributed by atoms with Crippen molar-refractivity contribution in [2.75, 3.05) is 6.54 Å². The average molecular weight is 278 g/mol. The number of rotatable bonds is 4. The molecule has 0 bridgehead atoms. The van der Waals surface area contributed by atoms with Crippen molar-refractivity contribution >= 4 is 17.2 Å². The molecule has 0 saturated heterocycles. The Morgan fingerprint density at radius 1 is 1.53 bits per heavy atom. The van der Waals surface area contributed by atoms with Gasteiger partial charge in [-0.3, -0.25) is 4.79 Å². The van der Waals surface area contributed by atoms with Crippen molar-refractivity contribution in [2.45, 2.75) is 19.8 Å². The molecule has 0 radical (unpaired) electrons. The van der Waals surface area contributed by atoms with E-state index in [1.165, 1.54) is 12.1 Å². The number of carbonyl (C=O) groups is 1. The quantitative estimate of drug-likeness (QED) is 0.933. The monoisotopic (exact) mass is 278 g/mol. The maximum absolute atomic E-state index is 13.6. The molecule has 1 heterocycles. The third-order valence-electron chi connectivity index (χ3n) is 2.81. The molecule has 1 aromatic carbocycles. The van der Waals surface area contributed by atoms with Gasteiger partial charge in [0.05, 0.1) is 10.6 Å². The number of aromatic nitrogens is 1. The Labute approximate surface area is 115 Å². The topological polar surface area (TPSA) is 42.0 Å². The molecule has 3 nitrogen and oxygen atoms in total. The van der Waals surface area contributed by atoms with E-state index in [4.69, 9.17) is 0 Å². The van der Waals surface area contributed by atoms with Crippen molar-refractivity contribution in [3.63, 3.8) is 0 Å². The molecule has 1 aromatic heterocycles. The maximum Gasteiger partial charge on any atom is 0.254 e. The van der Waals surface area contributed by atoms with Crippen LogP contribution in [-0.2, 0) is 0 Å². The third-order valence-corrected chi connectivity index (χ3v) is 3.82. The van der Waals surface area contributed by atoms with Crippen molar-refractivity contribution in [3.05, 3.63) is 51.7 Å². The van der Waals surface area contributed by atoms with Crippen LogP contribution >= 0.6 is 11.3 Å². The summed E-state index contributed by atoms with van der Waals surface area (Å²) < 4.78 is 13.6. The van der Waals surface area contributed by atoms with Gasteiger partial charge in [0.25, 0.3) is 5.91 Å². The lowest BCUT2D eigenvalue weighted by molar-refractivity contribution is 0.0947. The van der Waals surface area contributed by atoms with E-state index in [0.717, 1.165) is 10.6 Å². The SMILES string of the molecule is Cc1ccc(C(=O)NCC(C)c2nccs2)c(F)c1. The smallest absolute Gasteiger partial charge is 0.254 e. The lowest BCUT2D eigenvalue weighted by Crippen LogP contribution is -2.28. The van der Waals surface area contributed by atoms with Gasteiger partial charge in [0.1, 0.15) is 5.82 Å². The number of nitrogens with one attached hydrogen (secondary N) is 1. The summed E-state index contributed by atoms with van der Waals surface area (Å²) >= 11 is 1.55. The van der Waals surface area contributed by atoms with Crippen LogP contribution in [-0.4, -0.2) is 17.4 Å². The second-order valence-electron chi connectivity index (χ2n) is 4.46. The molecular weight excluding hydrogens is 263 g/mol. The standard InChI is InChI=1S/C14H15FN2OS/c1-9-3-4-11(12(15)7-9)13(18)17-8-10(2)14-16-5-6-19-14/h3-7,10H,8H2,1-2H3,(H,17,18). The molecule has 1 amide bonds. The summed E-state index contributed by atoms with van der Waals surface area (Å²) in [6.07, 6.45) is 1.73. The van der Waals surface area contributed by atoms with E-state index < -0.39 is 5.82 Å². The van der Waals surface area contributed by atoms with Crippen LogP contribution in [0.1, 0.15) is 33.8 Å². The number of benzene rings is 1. The lowest BCUT2D eigenvalue weighted by Gasteiger charge is -2.10. The summed E-state index contributed by atoms with van der Waals surface area (Å²) in [5, 5.41) is 5.59. The Morgan fingerprint density at radius 2 is 2.32 bits per heavy atom. The van der Waals surface area contributed by atoms with Gasteiger partial charge in [-0.2, -0.15) is 0 Å². The first-order chi connectivity index (χ1) is 9.08. The fourth-order valence-corrected chi connectivity index (χ4v) is 2.41. The Hall–Kier alpha value is -1.75. The second kappa shape index (κ2) is 5.93. The highest BCUT2D eigenvalue weighted by Gasteiger charge is 2.14. The first-order valence-corrected chi connectivity index (χ1v) is 6.89. The maximum atomic E-state index is 13.6. The Kier molecular flexibility index (Phi) is 4.27. The third kappa shape index (κ3) is 3.38. The van der Waals surface area contributed by atoms with Gasteiger partial charge < -0.3 is 5.32 Å². The van der Waals surface area contributed by atoms with Crippen LogP contribution in [0.5, 0.6) is 0 Å². The van der Waals surface area contributed by atoms with Crippen molar-refractivity contribution < 1.29 is 9.18 Å². The highest BCUT2D eigenvalue weighted by molar-refractivity contribution is 7.09. The molecule has 0 aliphatic rings. The van der Waals surface area contributed by atoms with Gasteiger partial charge in [-0.15, -0.1) is 11.3 Å². The Morgan fingerprint density at radius 3 is 2.95 bits per heavy atom. The molecule has 5 heteroatoms. The van der Waals surface area contributed by atoms with Crippen molar-refractivity contribution in [1.29, 1.82) is 0 Å². The molecule has 0 fully saturated rings. The molecule has 1 atom stereocenters. The van der Waals surface area contributed by atoms with Crippen LogP contribution in [0.25, 0.3) is 0 Å². The molecule has 19 heavy (non-hydrogen) atoms. The summed E-state index contributed by atoms with van der Waals surface area (Å²) in [4.78, 5) is 16.1. The molecule has 0 saturated carbocycles. The Bertz CT molecular complexity index is 569. The summed E-state index contributed by atoms with van der Waals surface area (Å²) in [6.45, 7) is 4.21. The zero-order chi connectivity index (χ0) is 13.8. The lowest BCUT2D eigenvalue weighted by atomic mass is 10.1. The molecule has 2 rings (SSSR count). The highest BCUT2D eigenvalue weighted by Crippen LogP contribution is 2.17. The Balaban J connectivity index is 1.98. The van der Waals surface area contributed by atoms with E-state index in [9.17, 15) is 9.18 Å². The molecule has 1 unspecified atom stereocenters. The fourth-order valence-electron chi connectivity index (χ4n) is 1.71. The molecule has 1 N–H and O–H groups in total. The minimum Gasteiger partial charge on any atom is -0.351 e. The average Bonchev–Trinajstić information content (AvgIpc) is 2.89. The summed E-state index contributed by atoms with van der Waals surface area (Å²) in [5.74, 6) is -0.752. The van der Waals surface area contributed by atoms with Crippen LogP contribution in [0, 0.1) is 12.7 Å². The number of nitrogens with zero attached hydrogens (tertiary/aromatic N) is 1. The molecule has 2 aromatic rings. The molecule has 100 valence electrons. The zero-order valence-corrected chi connectivity index (χ0v) is 11.6. The van der Waals surface area contributed by atoms with Gasteiger partial charge in [-0.25, -0.2) is 9.37 Å². The van der Waals surface area contributed by atoms with Gasteiger partial charge in [-0.1, -0.05) is 13.0 Å². The molecular formula is C14H15FN2OS. The van der Waals surface area contributed by atoms with E-state index >= 15 is 0 Å². The number of carbonyl (C=O) groups excluding carboxylic acids is 1. The van der Waals surface area contributed by atoms with Crippen LogP contribution in [0.2, 0.25) is 0 Å². The predicted octanol–water partition coefficient (Wildman–Crippen LogP) is 3.12. The molecule has 0 aliphatic heterocycles. The highest BCUT2D eigenvalue weighted by atomic mass is 32.1. The summed E-state index contributed by atoms with van der Waals surface area (Å²) in [6, 6.07) is 4.59. The van der Waals surface area contributed by atoms with Gasteiger partial charge in [0.2, 0.25) is 0 Å². The zero-order valence-electron chi connectivity index (χ0n) is 10.8. The number of hydrogen-bond acceptors (Lipinski definition) is 3. The van der Waals surface area contributed by atoms with Gasteiger partial charge >= 0.3 is 0 Å². The van der Waals surface area contributed by atoms with Crippen molar-refractivity contribution in [3.8, 4) is 0 Å². The molecule has 0 aliphatic carbocycles. The summed E-state index contributed by atoms with van der Waals surface area (Å²) in [7, 11) is 0. The minimum absolute atomic E-state index is 0.0805. The molecule has 0 spiro atoms. The van der Waals surface area contributed by atoms with Crippen LogP contribution in [0.3, 0.4) is 0 Å². The number of halogens is 1. The van der Waals surface area contributed by atoms with Crippen LogP contribution < -0.4 is 5.32 Å². The number of aryl methyl sites for hydroxylation is 1. The van der Waals surface area contributed by atoms with Crippen LogP contribution in [0.4, 0.5) is 4.39 Å². The number of thiazole rings is 1. The van der Waals surface area contributed by atoms with Gasteiger partial charge in [0.15, 0.2) is 0 Å². The van der Waals surface area contributed by atoms with E-state index in [1.54, 1.807) is 30.5 Å². The van der Waals surface area contributed by atoms with Crippen molar-refractivity contribution in [2.24, 2.45) is 0 Å². The number of amides is 1. The number of hydrogen-bond donors (Lipinski definition) is 1. The van der Waals surface area contributed by atoms with E-state index in [1.807, 2.05) is 12.3 Å². The minimum atomic E-state index is -0.487. The van der Waals surface area contributed by atoms with E-state index in [0.29, 0.717) is 6.54 Å². The first-order valence-electron chi connectivity index (χ1n) is 6.01.